The van der Waals surface area contributed by atoms with Gasteiger partial charge in [0.2, 0.25) is 0 Å². The van der Waals surface area contributed by atoms with Gasteiger partial charge in [-0.05, 0) is 50.4 Å². The van der Waals surface area contributed by atoms with E-state index < -0.39 is 5.82 Å². The molecule has 0 radical (unpaired) electrons. The average molecular weight is 221 g/mol. The van der Waals surface area contributed by atoms with E-state index in [2.05, 4.69) is 5.32 Å². The van der Waals surface area contributed by atoms with Crippen molar-refractivity contribution in [2.45, 2.75) is 32.7 Å². The van der Waals surface area contributed by atoms with Crippen molar-refractivity contribution in [3.63, 3.8) is 0 Å². The van der Waals surface area contributed by atoms with Gasteiger partial charge in [-0.2, -0.15) is 0 Å². The van der Waals surface area contributed by atoms with E-state index in [9.17, 15) is 9.18 Å². The summed E-state index contributed by atoms with van der Waals surface area (Å²) in [6, 6.07) is 3.08. The second-order valence-electron chi connectivity index (χ2n) is 4.45. The lowest BCUT2D eigenvalue weighted by Gasteiger charge is -2.12. The number of aryl methyl sites for hydroxylation is 2. The molecule has 1 aromatic carbocycles. The standard InChI is InChI=1S/C13H16FNO/c1-8-6-9(2)12(10(14)7-8)13(16)11-4-3-5-15-11/h6-7,11,15H,3-5H2,1-2H3. The van der Waals surface area contributed by atoms with Crippen LogP contribution in [-0.4, -0.2) is 18.4 Å². The molecule has 0 aliphatic carbocycles. The van der Waals surface area contributed by atoms with Crippen LogP contribution in [0.2, 0.25) is 0 Å². The summed E-state index contributed by atoms with van der Waals surface area (Å²) >= 11 is 0. The molecule has 16 heavy (non-hydrogen) atoms. The molecule has 0 saturated carbocycles. The zero-order valence-corrected chi connectivity index (χ0v) is 9.64. The second-order valence-corrected chi connectivity index (χ2v) is 4.45. The Kier molecular flexibility index (Phi) is 3.06. The molecule has 0 bridgehead atoms. The third-order valence-electron chi connectivity index (χ3n) is 3.05. The molecule has 86 valence electrons. The zero-order chi connectivity index (χ0) is 11.7. The van der Waals surface area contributed by atoms with Crippen LogP contribution in [0.1, 0.15) is 34.3 Å². The fourth-order valence-electron chi connectivity index (χ4n) is 2.31. The Labute approximate surface area is 94.9 Å². The van der Waals surface area contributed by atoms with E-state index >= 15 is 0 Å². The van der Waals surface area contributed by atoms with Gasteiger partial charge < -0.3 is 5.32 Å². The van der Waals surface area contributed by atoms with Crippen LogP contribution in [0.3, 0.4) is 0 Å². The van der Waals surface area contributed by atoms with Gasteiger partial charge in [-0.15, -0.1) is 0 Å². The molecule has 0 amide bonds. The van der Waals surface area contributed by atoms with Crippen LogP contribution in [0, 0.1) is 19.7 Å². The first-order chi connectivity index (χ1) is 7.59. The molecule has 2 rings (SSSR count). The lowest BCUT2D eigenvalue weighted by molar-refractivity contribution is 0.0947. The predicted molar refractivity (Wildman–Crippen MR) is 61.2 cm³/mol. The molecule has 3 heteroatoms. The molecule has 1 heterocycles. The van der Waals surface area contributed by atoms with Gasteiger partial charge in [-0.3, -0.25) is 4.79 Å². The average Bonchev–Trinajstić information content (AvgIpc) is 2.67. The zero-order valence-electron chi connectivity index (χ0n) is 9.64. The first-order valence-corrected chi connectivity index (χ1v) is 5.64. The van der Waals surface area contributed by atoms with Crippen LogP contribution in [0.5, 0.6) is 0 Å². The highest BCUT2D eigenvalue weighted by Crippen LogP contribution is 2.20. The minimum absolute atomic E-state index is 0.104. The largest absolute Gasteiger partial charge is 0.307 e. The van der Waals surface area contributed by atoms with Crippen molar-refractivity contribution in [2.24, 2.45) is 0 Å². The summed E-state index contributed by atoms with van der Waals surface area (Å²) < 4.78 is 13.8. The van der Waals surface area contributed by atoms with Gasteiger partial charge in [0, 0.05) is 0 Å². The highest BCUT2D eigenvalue weighted by Gasteiger charge is 2.26. The number of halogens is 1. The molecule has 1 N–H and O–H groups in total. The van der Waals surface area contributed by atoms with Crippen LogP contribution in [0.15, 0.2) is 12.1 Å². The lowest BCUT2D eigenvalue weighted by Crippen LogP contribution is -2.31. The Morgan fingerprint density at radius 3 is 2.75 bits per heavy atom. The number of rotatable bonds is 2. The number of nitrogens with one attached hydrogen (secondary N) is 1. The van der Waals surface area contributed by atoms with Crippen LogP contribution in [-0.2, 0) is 0 Å². The van der Waals surface area contributed by atoms with Crippen molar-refractivity contribution in [2.75, 3.05) is 6.54 Å². The van der Waals surface area contributed by atoms with Gasteiger partial charge in [0.1, 0.15) is 5.82 Å². The molecule has 2 nitrogen and oxygen atoms in total. The van der Waals surface area contributed by atoms with Gasteiger partial charge in [0.05, 0.1) is 11.6 Å². The second kappa shape index (κ2) is 4.34. The van der Waals surface area contributed by atoms with Crippen molar-refractivity contribution >= 4 is 5.78 Å². The van der Waals surface area contributed by atoms with Gasteiger partial charge in [-0.1, -0.05) is 6.07 Å². The summed E-state index contributed by atoms with van der Waals surface area (Å²) in [7, 11) is 0. The maximum atomic E-state index is 13.8. The molecular formula is C13H16FNO. The molecule has 1 atom stereocenters. The Morgan fingerprint density at radius 2 is 2.19 bits per heavy atom. The van der Waals surface area contributed by atoms with Crippen molar-refractivity contribution in [1.82, 2.24) is 5.32 Å². The summed E-state index contributed by atoms with van der Waals surface area (Å²) in [6.07, 6.45) is 1.80. The SMILES string of the molecule is Cc1cc(C)c(C(=O)C2CCCN2)c(F)c1. The van der Waals surface area contributed by atoms with Crippen LogP contribution in [0.25, 0.3) is 0 Å². The highest BCUT2D eigenvalue weighted by molar-refractivity contribution is 6.01. The first-order valence-electron chi connectivity index (χ1n) is 5.64. The summed E-state index contributed by atoms with van der Waals surface area (Å²) in [5, 5.41) is 3.11. The Hall–Kier alpha value is -1.22. The van der Waals surface area contributed by atoms with Crippen LogP contribution < -0.4 is 5.32 Å². The Bertz CT molecular complexity index is 399. The number of Topliss-reactive ketones (excluding diaryl/α,β-unsaturated/α-hetero) is 1. The Balaban J connectivity index is 2.35. The summed E-state index contributed by atoms with van der Waals surface area (Å²) in [5.41, 5.74) is 1.84. The van der Waals surface area contributed by atoms with E-state index in [1.165, 1.54) is 6.07 Å². The third kappa shape index (κ3) is 2.00. The van der Waals surface area contributed by atoms with E-state index in [0.29, 0.717) is 0 Å². The van der Waals surface area contributed by atoms with Crippen molar-refractivity contribution in [3.8, 4) is 0 Å². The van der Waals surface area contributed by atoms with E-state index in [4.69, 9.17) is 0 Å². The van der Waals surface area contributed by atoms with Gasteiger partial charge >= 0.3 is 0 Å². The molecule has 1 saturated heterocycles. The summed E-state index contributed by atoms with van der Waals surface area (Å²) in [5.74, 6) is -0.497. The number of carbonyl (C=O) groups is 1. The van der Waals surface area contributed by atoms with E-state index in [0.717, 1.165) is 30.5 Å². The molecule has 0 spiro atoms. The number of ketones is 1. The lowest BCUT2D eigenvalue weighted by atomic mass is 9.96. The molecule has 1 aliphatic rings. The Morgan fingerprint density at radius 1 is 1.44 bits per heavy atom. The quantitative estimate of drug-likeness (QED) is 0.777. The van der Waals surface area contributed by atoms with E-state index in [1.807, 2.05) is 13.0 Å². The van der Waals surface area contributed by atoms with Crippen LogP contribution in [0.4, 0.5) is 4.39 Å². The van der Waals surface area contributed by atoms with Crippen molar-refractivity contribution in [1.29, 1.82) is 0 Å². The maximum absolute atomic E-state index is 13.8. The van der Waals surface area contributed by atoms with Gasteiger partial charge in [0.25, 0.3) is 0 Å². The minimum atomic E-state index is -0.392. The first kappa shape index (κ1) is 11.3. The van der Waals surface area contributed by atoms with Crippen molar-refractivity contribution < 1.29 is 9.18 Å². The van der Waals surface area contributed by atoms with Crippen LogP contribution >= 0.6 is 0 Å². The van der Waals surface area contributed by atoms with E-state index in [-0.39, 0.29) is 17.4 Å². The molecule has 1 aromatic rings. The van der Waals surface area contributed by atoms with E-state index in [1.54, 1.807) is 6.92 Å². The number of hydrogen-bond acceptors (Lipinski definition) is 2. The number of hydrogen-bond donors (Lipinski definition) is 1. The fraction of sp³-hybridized carbons (Fsp3) is 0.462. The number of carbonyl (C=O) groups excluding carboxylic acids is 1. The third-order valence-corrected chi connectivity index (χ3v) is 3.05. The van der Waals surface area contributed by atoms with Crippen molar-refractivity contribution in [3.05, 3.63) is 34.6 Å². The maximum Gasteiger partial charge on any atom is 0.182 e. The van der Waals surface area contributed by atoms with Gasteiger partial charge in [-0.25, -0.2) is 4.39 Å². The normalized spacial score (nSPS) is 20.1. The number of benzene rings is 1. The molecule has 0 aromatic heterocycles. The summed E-state index contributed by atoms with van der Waals surface area (Å²) in [6.45, 7) is 4.47. The monoisotopic (exact) mass is 221 g/mol. The minimum Gasteiger partial charge on any atom is -0.307 e. The molecule has 1 aliphatic heterocycles. The summed E-state index contributed by atoms with van der Waals surface area (Å²) in [4.78, 5) is 12.1. The predicted octanol–water partition coefficient (Wildman–Crippen LogP) is 2.38. The topological polar surface area (TPSA) is 29.1 Å². The van der Waals surface area contributed by atoms with Gasteiger partial charge in [0.15, 0.2) is 5.78 Å². The smallest absolute Gasteiger partial charge is 0.182 e. The molecular weight excluding hydrogens is 205 g/mol. The molecule has 1 fully saturated rings. The fourth-order valence-corrected chi connectivity index (χ4v) is 2.31. The molecule has 1 unspecified atom stereocenters. The highest BCUT2D eigenvalue weighted by atomic mass is 19.1.